The number of allylic oxidation sites excluding steroid dienone is 2. The predicted octanol–water partition coefficient (Wildman–Crippen LogP) is 6.24. The highest BCUT2D eigenvalue weighted by Crippen LogP contribution is 2.40. The second-order valence-corrected chi connectivity index (χ2v) is 13.0. The lowest BCUT2D eigenvalue weighted by molar-refractivity contribution is -0.114. The number of hydrogen-bond acceptors (Lipinski definition) is 8. The molecule has 7 nitrogen and oxygen atoms in total. The molecule has 0 bridgehead atoms. The molecule has 6 rings (SSSR count). The summed E-state index contributed by atoms with van der Waals surface area (Å²) in [5.41, 5.74) is 4.40. The molecule has 0 saturated carbocycles. The summed E-state index contributed by atoms with van der Waals surface area (Å²) in [7, 11) is 0. The molecule has 3 aliphatic rings. The van der Waals surface area contributed by atoms with Crippen molar-refractivity contribution in [3.8, 4) is 10.7 Å². The van der Waals surface area contributed by atoms with Crippen LogP contribution in [0.3, 0.4) is 0 Å². The van der Waals surface area contributed by atoms with E-state index >= 15 is 0 Å². The normalized spacial score (nSPS) is 17.0. The quantitative estimate of drug-likeness (QED) is 0.287. The van der Waals surface area contributed by atoms with Crippen molar-refractivity contribution >= 4 is 40.5 Å². The van der Waals surface area contributed by atoms with Gasteiger partial charge in [-0.2, -0.15) is 0 Å². The number of aryl methyl sites for hydroxylation is 1. The third-order valence-corrected chi connectivity index (χ3v) is 9.98. The lowest BCUT2D eigenvalue weighted by Gasteiger charge is -2.26. The van der Waals surface area contributed by atoms with E-state index in [1.807, 2.05) is 42.7 Å². The molecule has 9 heteroatoms. The van der Waals surface area contributed by atoms with Crippen LogP contribution in [0.15, 0.2) is 70.3 Å². The maximum absolute atomic E-state index is 13.0. The number of hydrogen-bond donors (Lipinski definition) is 2. The third kappa shape index (κ3) is 6.97. The molecule has 2 aromatic heterocycles. The Morgan fingerprint density at radius 3 is 2.80 bits per heavy atom. The average molecular weight is 586 g/mol. The minimum Gasteiger partial charge on any atom is -0.380 e. The molecule has 1 aliphatic carbocycles. The molecule has 0 atom stereocenters. The summed E-state index contributed by atoms with van der Waals surface area (Å²) in [5, 5.41) is 7.22. The van der Waals surface area contributed by atoms with E-state index in [1.54, 1.807) is 23.1 Å². The number of piperidine rings is 1. The molecule has 2 aliphatic heterocycles. The number of anilines is 1. The Kier molecular flexibility index (Phi) is 8.94. The second kappa shape index (κ2) is 13.1. The number of thiazole rings is 1. The number of Topliss-reactive ketones (excluding diaryl/α,β-unsaturated/α-hetero) is 1. The van der Waals surface area contributed by atoms with E-state index in [1.165, 1.54) is 57.3 Å². The number of amides is 1. The Hall–Kier alpha value is -3.27. The standard InChI is InChI=1S/C32H35N5O2S2/c38-28-8-6-9-29-25(28)21-34-27-17-23(11-13-30(27)41-29)31(39)35-19-24-20-36-32(40-24)26-12-10-22(18-33-26)7-2-5-16-37-14-3-1-4-15-37/h6,9-13,17-18,20,34H,1-5,7-8,14-16,19,21H2,(H,35,39). The van der Waals surface area contributed by atoms with Crippen molar-refractivity contribution in [3.05, 3.63) is 81.4 Å². The SMILES string of the molecule is O=C1CC=CC2=C1CNc1cc(C(=O)NCc3cnc(-c4ccc(CCCCN5CCCCC5)cn4)s3)ccc1S2. The van der Waals surface area contributed by atoms with Gasteiger partial charge >= 0.3 is 0 Å². The van der Waals surface area contributed by atoms with Gasteiger partial charge in [0.2, 0.25) is 0 Å². The summed E-state index contributed by atoms with van der Waals surface area (Å²) in [4.78, 5) is 40.0. The molecule has 1 amide bonds. The van der Waals surface area contributed by atoms with Crippen LogP contribution in [0.2, 0.25) is 0 Å². The maximum atomic E-state index is 13.0. The Labute approximate surface area is 249 Å². The van der Waals surface area contributed by atoms with Gasteiger partial charge in [0.15, 0.2) is 5.78 Å². The second-order valence-electron chi connectivity index (χ2n) is 10.8. The van der Waals surface area contributed by atoms with Gasteiger partial charge in [-0.1, -0.05) is 36.4 Å². The number of fused-ring (bicyclic) bond motifs is 1. The Balaban J connectivity index is 0.989. The van der Waals surface area contributed by atoms with E-state index in [0.717, 1.165) is 43.1 Å². The van der Waals surface area contributed by atoms with E-state index in [2.05, 4.69) is 37.6 Å². The molecule has 4 heterocycles. The molecule has 1 aromatic carbocycles. The number of nitrogens with one attached hydrogen (secondary N) is 2. The van der Waals surface area contributed by atoms with Crippen molar-refractivity contribution in [2.24, 2.45) is 0 Å². The fourth-order valence-electron chi connectivity index (χ4n) is 5.44. The lowest BCUT2D eigenvalue weighted by atomic mass is 10.0. The van der Waals surface area contributed by atoms with Gasteiger partial charge in [-0.15, -0.1) is 11.3 Å². The Morgan fingerprint density at radius 2 is 1.95 bits per heavy atom. The highest BCUT2D eigenvalue weighted by Gasteiger charge is 2.22. The van der Waals surface area contributed by atoms with Gasteiger partial charge in [0.05, 0.1) is 12.2 Å². The van der Waals surface area contributed by atoms with Crippen molar-refractivity contribution in [2.75, 3.05) is 31.5 Å². The van der Waals surface area contributed by atoms with Crippen LogP contribution in [0, 0.1) is 0 Å². The van der Waals surface area contributed by atoms with E-state index < -0.39 is 0 Å². The average Bonchev–Trinajstić information content (AvgIpc) is 3.40. The fraction of sp³-hybridized carbons (Fsp3) is 0.375. The summed E-state index contributed by atoms with van der Waals surface area (Å²) >= 11 is 3.12. The molecule has 41 heavy (non-hydrogen) atoms. The molecular formula is C32H35N5O2S2. The minimum absolute atomic E-state index is 0.143. The van der Waals surface area contributed by atoms with Crippen molar-refractivity contribution in [3.63, 3.8) is 0 Å². The first-order chi connectivity index (χ1) is 20.1. The van der Waals surface area contributed by atoms with Crippen molar-refractivity contribution in [1.82, 2.24) is 20.2 Å². The first-order valence-electron chi connectivity index (χ1n) is 14.5. The number of nitrogens with zero attached hydrogens (tertiary/aromatic N) is 3. The van der Waals surface area contributed by atoms with Gasteiger partial charge in [0.25, 0.3) is 5.91 Å². The van der Waals surface area contributed by atoms with Crippen LogP contribution >= 0.6 is 23.1 Å². The first kappa shape index (κ1) is 27.9. The molecule has 2 N–H and O–H groups in total. The van der Waals surface area contributed by atoms with Crippen LogP contribution in [0.4, 0.5) is 5.69 Å². The number of carbonyl (C=O) groups is 2. The van der Waals surface area contributed by atoms with Gasteiger partial charge < -0.3 is 15.5 Å². The van der Waals surface area contributed by atoms with Crippen molar-refractivity contribution in [1.29, 1.82) is 0 Å². The number of unbranched alkanes of at least 4 members (excludes halogenated alkanes) is 1. The zero-order valence-corrected chi connectivity index (χ0v) is 24.8. The molecular weight excluding hydrogens is 551 g/mol. The van der Waals surface area contributed by atoms with Gasteiger partial charge in [0.1, 0.15) is 5.01 Å². The highest BCUT2D eigenvalue weighted by atomic mass is 32.2. The van der Waals surface area contributed by atoms with Gasteiger partial charge in [-0.05, 0) is 81.6 Å². The molecule has 1 saturated heterocycles. The number of pyridine rings is 1. The van der Waals surface area contributed by atoms with Crippen LogP contribution in [0.1, 0.15) is 59.3 Å². The number of rotatable bonds is 9. The Bertz CT molecular complexity index is 1470. The molecule has 3 aromatic rings. The van der Waals surface area contributed by atoms with E-state index in [4.69, 9.17) is 0 Å². The lowest BCUT2D eigenvalue weighted by Crippen LogP contribution is -2.30. The molecule has 1 fully saturated rings. The van der Waals surface area contributed by atoms with Gasteiger partial charge in [0, 0.05) is 56.9 Å². The zero-order valence-electron chi connectivity index (χ0n) is 23.2. The number of aromatic nitrogens is 2. The number of carbonyl (C=O) groups excluding carboxylic acids is 2. The molecule has 0 unspecified atom stereocenters. The maximum Gasteiger partial charge on any atom is 0.251 e. The van der Waals surface area contributed by atoms with E-state index in [0.29, 0.717) is 25.1 Å². The van der Waals surface area contributed by atoms with Crippen LogP contribution in [0.5, 0.6) is 0 Å². The summed E-state index contributed by atoms with van der Waals surface area (Å²) in [5.74, 6) is 0.0113. The van der Waals surface area contributed by atoms with E-state index in [9.17, 15) is 9.59 Å². The van der Waals surface area contributed by atoms with Crippen molar-refractivity contribution in [2.45, 2.75) is 56.4 Å². The van der Waals surface area contributed by atoms with Gasteiger partial charge in [-0.25, -0.2) is 4.98 Å². The third-order valence-electron chi connectivity index (χ3n) is 7.78. The number of ketones is 1. The first-order valence-corrected chi connectivity index (χ1v) is 16.1. The summed E-state index contributed by atoms with van der Waals surface area (Å²) in [6.07, 6.45) is 15.7. The number of benzene rings is 1. The molecule has 0 spiro atoms. The van der Waals surface area contributed by atoms with Crippen LogP contribution in [0.25, 0.3) is 10.7 Å². The van der Waals surface area contributed by atoms with Crippen LogP contribution < -0.4 is 10.6 Å². The monoisotopic (exact) mass is 585 g/mol. The Morgan fingerprint density at radius 1 is 1.05 bits per heavy atom. The summed E-state index contributed by atoms with van der Waals surface area (Å²) in [6, 6.07) is 9.86. The number of thioether (sulfide) groups is 1. The number of likely N-dealkylation sites (tertiary alicyclic amines) is 1. The predicted molar refractivity (Wildman–Crippen MR) is 166 cm³/mol. The summed E-state index contributed by atoms with van der Waals surface area (Å²) < 4.78 is 0. The molecule has 212 valence electrons. The van der Waals surface area contributed by atoms with Crippen LogP contribution in [-0.4, -0.2) is 52.7 Å². The smallest absolute Gasteiger partial charge is 0.251 e. The zero-order chi connectivity index (χ0) is 28.0. The largest absolute Gasteiger partial charge is 0.380 e. The highest BCUT2D eigenvalue weighted by molar-refractivity contribution is 8.03. The minimum atomic E-state index is -0.143. The van der Waals surface area contributed by atoms with Crippen molar-refractivity contribution < 1.29 is 9.59 Å². The van der Waals surface area contributed by atoms with E-state index in [-0.39, 0.29) is 11.7 Å². The van der Waals surface area contributed by atoms with Gasteiger partial charge in [-0.3, -0.25) is 14.6 Å². The summed E-state index contributed by atoms with van der Waals surface area (Å²) in [6.45, 7) is 4.62. The molecule has 0 radical (unpaired) electrons. The topological polar surface area (TPSA) is 87.2 Å². The fourth-order valence-corrected chi connectivity index (χ4v) is 7.36. The van der Waals surface area contributed by atoms with Crippen LogP contribution in [-0.2, 0) is 17.8 Å².